The number of thioether (sulfide) groups is 2. The first-order valence-electron chi connectivity index (χ1n) is 4.78. The molecule has 0 aromatic heterocycles. The number of hydrogen-bond donors (Lipinski definition) is 1. The van der Waals surface area contributed by atoms with Crippen molar-refractivity contribution in [1.29, 1.82) is 0 Å². The van der Waals surface area contributed by atoms with Crippen molar-refractivity contribution in [2.24, 2.45) is 5.73 Å². The topological polar surface area (TPSA) is 26.0 Å². The summed E-state index contributed by atoms with van der Waals surface area (Å²) < 4.78 is 0. The van der Waals surface area contributed by atoms with Crippen LogP contribution in [-0.2, 0) is 0 Å². The van der Waals surface area contributed by atoms with Gasteiger partial charge in [-0.3, -0.25) is 0 Å². The highest BCUT2D eigenvalue weighted by Crippen LogP contribution is 2.35. The van der Waals surface area contributed by atoms with Gasteiger partial charge in [-0.05, 0) is 12.8 Å². The summed E-state index contributed by atoms with van der Waals surface area (Å²) in [5.74, 6) is 2.61. The van der Waals surface area contributed by atoms with Crippen molar-refractivity contribution in [3.8, 4) is 0 Å². The standard InChI is InChI=1S/C9H19NS2/c1-3-7(10)9-8(4-2)11-5-6-12-9/h7-9H,3-6,10H2,1-2H3. The van der Waals surface area contributed by atoms with Gasteiger partial charge in [-0.2, -0.15) is 23.5 Å². The molecule has 1 aliphatic heterocycles. The SMILES string of the molecule is CCC(N)C1SCCSC1CC. The molecule has 0 radical (unpaired) electrons. The summed E-state index contributed by atoms with van der Waals surface area (Å²) in [5, 5.41) is 1.51. The third-order valence-electron chi connectivity index (χ3n) is 2.39. The molecule has 1 heterocycles. The first kappa shape index (κ1) is 10.7. The second-order valence-corrected chi connectivity index (χ2v) is 5.86. The van der Waals surface area contributed by atoms with Crippen LogP contribution in [0.25, 0.3) is 0 Å². The van der Waals surface area contributed by atoms with E-state index in [9.17, 15) is 0 Å². The Labute approximate surface area is 84.2 Å². The lowest BCUT2D eigenvalue weighted by Crippen LogP contribution is -2.41. The van der Waals surface area contributed by atoms with Crippen molar-refractivity contribution < 1.29 is 0 Å². The summed E-state index contributed by atoms with van der Waals surface area (Å²) >= 11 is 4.20. The molecule has 0 spiro atoms. The molecule has 0 aromatic carbocycles. The van der Waals surface area contributed by atoms with E-state index in [2.05, 4.69) is 37.4 Å². The molecule has 1 saturated heterocycles. The Bertz CT molecular complexity index is 130. The molecule has 1 nitrogen and oxygen atoms in total. The van der Waals surface area contributed by atoms with Gasteiger partial charge in [0.05, 0.1) is 0 Å². The van der Waals surface area contributed by atoms with Gasteiger partial charge in [0.1, 0.15) is 0 Å². The van der Waals surface area contributed by atoms with Crippen molar-refractivity contribution >= 4 is 23.5 Å². The fraction of sp³-hybridized carbons (Fsp3) is 1.00. The van der Waals surface area contributed by atoms with Gasteiger partial charge in [-0.15, -0.1) is 0 Å². The van der Waals surface area contributed by atoms with Crippen LogP contribution in [0.15, 0.2) is 0 Å². The maximum absolute atomic E-state index is 6.08. The fourth-order valence-corrected chi connectivity index (χ4v) is 4.86. The molecular weight excluding hydrogens is 186 g/mol. The molecule has 72 valence electrons. The van der Waals surface area contributed by atoms with Crippen LogP contribution in [0.4, 0.5) is 0 Å². The lowest BCUT2D eigenvalue weighted by molar-refractivity contribution is 0.585. The summed E-state index contributed by atoms with van der Waals surface area (Å²) in [6, 6.07) is 0.410. The monoisotopic (exact) mass is 205 g/mol. The van der Waals surface area contributed by atoms with Gasteiger partial charge in [0, 0.05) is 28.0 Å². The van der Waals surface area contributed by atoms with Gasteiger partial charge < -0.3 is 5.73 Å². The Kier molecular flexibility index (Phi) is 4.84. The van der Waals surface area contributed by atoms with Crippen LogP contribution < -0.4 is 5.73 Å². The van der Waals surface area contributed by atoms with E-state index >= 15 is 0 Å². The largest absolute Gasteiger partial charge is 0.327 e. The van der Waals surface area contributed by atoms with Crippen LogP contribution in [0.1, 0.15) is 26.7 Å². The van der Waals surface area contributed by atoms with E-state index in [0.717, 1.165) is 11.7 Å². The maximum Gasteiger partial charge on any atom is 0.0317 e. The van der Waals surface area contributed by atoms with Crippen molar-refractivity contribution in [3.63, 3.8) is 0 Å². The van der Waals surface area contributed by atoms with Crippen LogP contribution in [0, 0.1) is 0 Å². The average molecular weight is 205 g/mol. The molecule has 3 atom stereocenters. The summed E-state index contributed by atoms with van der Waals surface area (Å²) in [6.45, 7) is 4.47. The van der Waals surface area contributed by atoms with E-state index in [4.69, 9.17) is 5.73 Å². The second kappa shape index (κ2) is 5.40. The molecule has 3 unspecified atom stereocenters. The molecule has 3 heteroatoms. The molecule has 0 aromatic rings. The number of hydrogen-bond acceptors (Lipinski definition) is 3. The first-order valence-corrected chi connectivity index (χ1v) is 6.88. The highest BCUT2D eigenvalue weighted by atomic mass is 32.2. The van der Waals surface area contributed by atoms with Crippen LogP contribution in [0.2, 0.25) is 0 Å². The van der Waals surface area contributed by atoms with E-state index in [1.807, 2.05) is 0 Å². The van der Waals surface area contributed by atoms with E-state index in [0.29, 0.717) is 11.3 Å². The van der Waals surface area contributed by atoms with Crippen LogP contribution >= 0.6 is 23.5 Å². The Morgan fingerprint density at radius 1 is 1.33 bits per heavy atom. The summed E-state index contributed by atoms with van der Waals surface area (Å²) in [7, 11) is 0. The van der Waals surface area contributed by atoms with Crippen molar-refractivity contribution in [3.05, 3.63) is 0 Å². The van der Waals surface area contributed by atoms with Crippen LogP contribution in [0.5, 0.6) is 0 Å². The molecule has 0 bridgehead atoms. The molecule has 1 aliphatic rings. The molecule has 2 N–H and O–H groups in total. The van der Waals surface area contributed by atoms with E-state index < -0.39 is 0 Å². The molecule has 0 saturated carbocycles. The summed E-state index contributed by atoms with van der Waals surface area (Å²) in [4.78, 5) is 0. The van der Waals surface area contributed by atoms with E-state index in [-0.39, 0.29) is 0 Å². The van der Waals surface area contributed by atoms with Crippen molar-refractivity contribution in [2.75, 3.05) is 11.5 Å². The zero-order chi connectivity index (χ0) is 8.97. The number of nitrogens with two attached hydrogens (primary N) is 1. The van der Waals surface area contributed by atoms with Crippen LogP contribution in [-0.4, -0.2) is 28.0 Å². The third-order valence-corrected chi connectivity index (χ3v) is 5.82. The van der Waals surface area contributed by atoms with Gasteiger partial charge >= 0.3 is 0 Å². The van der Waals surface area contributed by atoms with Gasteiger partial charge in [-0.25, -0.2) is 0 Å². The maximum atomic E-state index is 6.08. The minimum absolute atomic E-state index is 0.410. The lowest BCUT2D eigenvalue weighted by atomic mass is 10.1. The number of rotatable bonds is 3. The summed E-state index contributed by atoms with van der Waals surface area (Å²) in [5.41, 5.74) is 6.08. The minimum atomic E-state index is 0.410. The predicted octanol–water partition coefficient (Wildman–Crippen LogP) is 2.35. The molecule has 0 aliphatic carbocycles. The predicted molar refractivity (Wildman–Crippen MR) is 61.0 cm³/mol. The Hall–Kier alpha value is 0.660. The quantitative estimate of drug-likeness (QED) is 0.766. The normalized spacial score (nSPS) is 33.2. The molecule has 0 amide bonds. The Balaban J connectivity index is 2.46. The van der Waals surface area contributed by atoms with E-state index in [1.165, 1.54) is 17.9 Å². The Morgan fingerprint density at radius 3 is 2.58 bits per heavy atom. The zero-order valence-corrected chi connectivity index (χ0v) is 9.59. The highest BCUT2D eigenvalue weighted by molar-refractivity contribution is 8.07. The average Bonchev–Trinajstić information content (AvgIpc) is 2.16. The lowest BCUT2D eigenvalue weighted by Gasteiger charge is -2.33. The highest BCUT2D eigenvalue weighted by Gasteiger charge is 2.28. The van der Waals surface area contributed by atoms with Crippen molar-refractivity contribution in [2.45, 2.75) is 43.2 Å². The van der Waals surface area contributed by atoms with Gasteiger partial charge in [0.2, 0.25) is 0 Å². The molecule has 12 heavy (non-hydrogen) atoms. The minimum Gasteiger partial charge on any atom is -0.327 e. The first-order chi connectivity index (χ1) is 5.79. The molecular formula is C9H19NS2. The van der Waals surface area contributed by atoms with Gasteiger partial charge in [-0.1, -0.05) is 13.8 Å². The van der Waals surface area contributed by atoms with Crippen LogP contribution in [0.3, 0.4) is 0 Å². The zero-order valence-electron chi connectivity index (χ0n) is 7.95. The molecule has 1 fully saturated rings. The van der Waals surface area contributed by atoms with E-state index in [1.54, 1.807) is 0 Å². The smallest absolute Gasteiger partial charge is 0.0317 e. The van der Waals surface area contributed by atoms with Gasteiger partial charge in [0.15, 0.2) is 0 Å². The van der Waals surface area contributed by atoms with Gasteiger partial charge in [0.25, 0.3) is 0 Å². The summed E-state index contributed by atoms with van der Waals surface area (Å²) in [6.07, 6.45) is 2.39. The fourth-order valence-electron chi connectivity index (χ4n) is 1.57. The third kappa shape index (κ3) is 2.57. The Morgan fingerprint density at radius 2 is 2.00 bits per heavy atom. The van der Waals surface area contributed by atoms with Crippen molar-refractivity contribution in [1.82, 2.24) is 0 Å². The second-order valence-electron chi connectivity index (χ2n) is 3.23. The molecule has 1 rings (SSSR count).